The molecular formula is C26H26Cl2N6O5. The molecular weight excluding hydrogens is 547 g/mol. The number of fused-ring (bicyclic) bond motifs is 2. The SMILES string of the molecule is CNC(=O)[C@@]12C[C@@H]1[C@@H](n1cnc3c(NCc4cc(Cl)ccc4OCc4cc(C)no4)cc(Cl)nc31)[C@H](O)[C@@H]2O. The molecule has 1 aromatic carbocycles. The molecule has 0 aliphatic heterocycles. The van der Waals surface area contributed by atoms with Gasteiger partial charge < -0.3 is 34.7 Å². The lowest BCUT2D eigenvalue weighted by Gasteiger charge is -2.23. The van der Waals surface area contributed by atoms with E-state index in [0.29, 0.717) is 46.3 Å². The highest BCUT2D eigenvalue weighted by atomic mass is 35.5. The molecule has 3 aromatic heterocycles. The zero-order chi connectivity index (χ0) is 27.5. The fourth-order valence-corrected chi connectivity index (χ4v) is 6.15. The predicted octanol–water partition coefficient (Wildman–Crippen LogP) is 3.25. The number of hydrogen-bond donors (Lipinski definition) is 4. The normalized spacial score (nSPS) is 25.5. The number of rotatable bonds is 8. The van der Waals surface area contributed by atoms with Crippen molar-refractivity contribution in [2.24, 2.45) is 11.3 Å². The zero-order valence-electron chi connectivity index (χ0n) is 21.1. The molecule has 2 fully saturated rings. The molecule has 2 saturated carbocycles. The minimum absolute atomic E-state index is 0.208. The Bertz CT molecular complexity index is 1570. The van der Waals surface area contributed by atoms with Crippen molar-refractivity contribution in [3.8, 4) is 5.75 Å². The number of aliphatic hydroxyl groups is 2. The van der Waals surface area contributed by atoms with E-state index in [2.05, 4.69) is 25.8 Å². The number of pyridine rings is 1. The van der Waals surface area contributed by atoms with E-state index in [1.807, 2.05) is 6.92 Å². The van der Waals surface area contributed by atoms with Crippen LogP contribution in [-0.4, -0.2) is 55.1 Å². The third-order valence-corrected chi connectivity index (χ3v) is 8.11. The van der Waals surface area contributed by atoms with E-state index in [-0.39, 0.29) is 23.6 Å². The lowest BCUT2D eigenvalue weighted by atomic mass is 9.98. The monoisotopic (exact) mass is 572 g/mol. The van der Waals surface area contributed by atoms with E-state index in [0.717, 1.165) is 11.3 Å². The van der Waals surface area contributed by atoms with E-state index in [9.17, 15) is 15.0 Å². The van der Waals surface area contributed by atoms with Gasteiger partial charge in [0, 0.05) is 42.2 Å². The van der Waals surface area contributed by atoms with Crippen LogP contribution in [0.4, 0.5) is 5.69 Å². The van der Waals surface area contributed by atoms with Gasteiger partial charge in [0.1, 0.15) is 29.1 Å². The Labute approximate surface area is 233 Å². The maximum atomic E-state index is 12.5. The zero-order valence-corrected chi connectivity index (χ0v) is 22.6. The summed E-state index contributed by atoms with van der Waals surface area (Å²) in [5, 5.41) is 32.2. The van der Waals surface area contributed by atoms with Gasteiger partial charge in [-0.25, -0.2) is 9.97 Å². The number of carbonyl (C=O) groups excluding carboxylic acids is 1. The molecule has 204 valence electrons. The molecule has 4 aromatic rings. The predicted molar refractivity (Wildman–Crippen MR) is 143 cm³/mol. The van der Waals surface area contributed by atoms with Gasteiger partial charge in [-0.15, -0.1) is 0 Å². The van der Waals surface area contributed by atoms with Crippen LogP contribution >= 0.6 is 23.2 Å². The Balaban J connectivity index is 1.26. The smallest absolute Gasteiger partial charge is 0.229 e. The van der Waals surface area contributed by atoms with Crippen LogP contribution in [0.15, 0.2) is 41.2 Å². The topological polar surface area (TPSA) is 148 Å². The van der Waals surface area contributed by atoms with Crippen molar-refractivity contribution in [1.82, 2.24) is 25.0 Å². The molecule has 11 nitrogen and oxygen atoms in total. The molecule has 0 radical (unpaired) electrons. The lowest BCUT2D eigenvalue weighted by Crippen LogP contribution is -2.41. The summed E-state index contributed by atoms with van der Waals surface area (Å²) in [5.41, 5.74) is 2.13. The molecule has 2 aliphatic rings. The van der Waals surface area contributed by atoms with Gasteiger partial charge in [0.15, 0.2) is 11.4 Å². The van der Waals surface area contributed by atoms with Gasteiger partial charge in [-0.1, -0.05) is 28.4 Å². The van der Waals surface area contributed by atoms with Crippen LogP contribution in [0.1, 0.15) is 29.5 Å². The number of halogens is 2. The van der Waals surface area contributed by atoms with Crippen molar-refractivity contribution in [2.75, 3.05) is 12.4 Å². The number of ether oxygens (including phenoxy) is 1. The van der Waals surface area contributed by atoms with Gasteiger partial charge in [0.2, 0.25) is 5.91 Å². The van der Waals surface area contributed by atoms with Crippen molar-refractivity contribution < 1.29 is 24.3 Å². The standard InChI is InChI=1S/C26H26Cl2N6O5/c1-12-5-15(39-33-12)10-38-18-4-3-14(27)6-13(18)9-30-17-7-19(28)32-24-20(17)31-11-34(24)21-16-8-26(16,25(37)29-2)23(36)22(21)35/h3-7,11,16,21-23,35-36H,8-10H2,1-2H3,(H,29,37)(H,30,32)/t16-,21-,22+,23+,26+/m1/s1. The fourth-order valence-electron chi connectivity index (χ4n) is 5.77. The van der Waals surface area contributed by atoms with Crippen LogP contribution in [0, 0.1) is 18.3 Å². The van der Waals surface area contributed by atoms with Crippen LogP contribution in [0.5, 0.6) is 5.75 Å². The molecule has 0 spiro atoms. The van der Waals surface area contributed by atoms with E-state index in [1.165, 1.54) is 7.05 Å². The summed E-state index contributed by atoms with van der Waals surface area (Å²) in [7, 11) is 1.52. The van der Waals surface area contributed by atoms with Crippen LogP contribution in [0.3, 0.4) is 0 Å². The van der Waals surface area contributed by atoms with Crippen LogP contribution in [-0.2, 0) is 17.9 Å². The van der Waals surface area contributed by atoms with Crippen molar-refractivity contribution in [3.63, 3.8) is 0 Å². The highest BCUT2D eigenvalue weighted by Gasteiger charge is 2.75. The average Bonchev–Trinajstić information content (AvgIpc) is 3.15. The summed E-state index contributed by atoms with van der Waals surface area (Å²) < 4.78 is 12.9. The highest BCUT2D eigenvalue weighted by Crippen LogP contribution is 2.67. The molecule has 1 amide bonds. The number of aliphatic hydroxyl groups excluding tert-OH is 2. The van der Waals surface area contributed by atoms with E-state index in [1.54, 1.807) is 41.2 Å². The lowest BCUT2D eigenvalue weighted by molar-refractivity contribution is -0.132. The number of nitrogens with zero attached hydrogens (tertiary/aromatic N) is 4. The number of carbonyl (C=O) groups is 1. The van der Waals surface area contributed by atoms with Gasteiger partial charge in [0.05, 0.1) is 35.3 Å². The van der Waals surface area contributed by atoms with Gasteiger partial charge in [-0.3, -0.25) is 4.79 Å². The molecule has 5 atom stereocenters. The van der Waals surface area contributed by atoms with Crippen molar-refractivity contribution in [1.29, 1.82) is 0 Å². The molecule has 2 aliphatic carbocycles. The summed E-state index contributed by atoms with van der Waals surface area (Å²) in [5.74, 6) is 0.684. The van der Waals surface area contributed by atoms with E-state index in [4.69, 9.17) is 32.5 Å². The van der Waals surface area contributed by atoms with Crippen LogP contribution < -0.4 is 15.4 Å². The maximum absolute atomic E-state index is 12.5. The Morgan fingerprint density at radius 2 is 2.10 bits per heavy atom. The molecule has 0 bridgehead atoms. The highest BCUT2D eigenvalue weighted by molar-refractivity contribution is 6.30. The molecule has 4 N–H and O–H groups in total. The molecule has 3 heterocycles. The van der Waals surface area contributed by atoms with E-state index < -0.39 is 23.7 Å². The Morgan fingerprint density at radius 1 is 1.28 bits per heavy atom. The first kappa shape index (κ1) is 25.9. The number of aryl methyl sites for hydroxylation is 1. The van der Waals surface area contributed by atoms with Gasteiger partial charge in [-0.05, 0) is 31.5 Å². The summed E-state index contributed by atoms with van der Waals surface area (Å²) >= 11 is 12.7. The Hall–Kier alpha value is -3.38. The van der Waals surface area contributed by atoms with Crippen LogP contribution in [0.25, 0.3) is 11.2 Å². The maximum Gasteiger partial charge on any atom is 0.229 e. The van der Waals surface area contributed by atoms with Crippen LogP contribution in [0.2, 0.25) is 10.2 Å². The first-order valence-electron chi connectivity index (χ1n) is 12.4. The number of aromatic nitrogens is 4. The summed E-state index contributed by atoms with van der Waals surface area (Å²) in [4.78, 5) is 21.5. The van der Waals surface area contributed by atoms with Crippen molar-refractivity contribution >= 4 is 46.0 Å². The Kier molecular flexibility index (Phi) is 6.41. The second kappa shape index (κ2) is 9.67. The average molecular weight is 573 g/mol. The van der Waals surface area contributed by atoms with Gasteiger partial charge in [-0.2, -0.15) is 0 Å². The van der Waals surface area contributed by atoms with Gasteiger partial charge in [0.25, 0.3) is 0 Å². The number of amides is 1. The van der Waals surface area contributed by atoms with Crippen molar-refractivity contribution in [3.05, 3.63) is 63.9 Å². The molecule has 13 heteroatoms. The third kappa shape index (κ3) is 4.29. The number of nitrogens with one attached hydrogen (secondary N) is 2. The quantitative estimate of drug-likeness (QED) is 0.233. The summed E-state index contributed by atoms with van der Waals surface area (Å²) in [6, 6.07) is 8.22. The van der Waals surface area contributed by atoms with Crippen molar-refractivity contribution in [2.45, 2.75) is 44.7 Å². The summed E-state index contributed by atoms with van der Waals surface area (Å²) in [6.45, 7) is 2.38. The fraction of sp³-hybridized carbons (Fsp3) is 0.385. The third-order valence-electron chi connectivity index (χ3n) is 7.68. The molecule has 0 unspecified atom stereocenters. The molecule has 39 heavy (non-hydrogen) atoms. The number of hydrogen-bond acceptors (Lipinski definition) is 9. The number of benzene rings is 1. The minimum atomic E-state index is -1.19. The second-order valence-corrected chi connectivity index (χ2v) is 10.8. The number of imidazole rings is 1. The number of anilines is 1. The minimum Gasteiger partial charge on any atom is -0.485 e. The largest absolute Gasteiger partial charge is 0.485 e. The van der Waals surface area contributed by atoms with E-state index >= 15 is 0 Å². The molecule has 0 saturated heterocycles. The first-order valence-corrected chi connectivity index (χ1v) is 13.2. The summed E-state index contributed by atoms with van der Waals surface area (Å²) in [6.07, 6.45) is -0.323. The Morgan fingerprint density at radius 3 is 2.85 bits per heavy atom. The first-order chi connectivity index (χ1) is 18.7. The second-order valence-electron chi connectivity index (χ2n) is 10.0. The molecule has 6 rings (SSSR count). The van der Waals surface area contributed by atoms with Gasteiger partial charge >= 0.3 is 0 Å².